The third-order valence-corrected chi connectivity index (χ3v) is 3.72. The summed E-state index contributed by atoms with van der Waals surface area (Å²) in [7, 11) is 0. The van der Waals surface area contributed by atoms with Crippen LogP contribution in [0, 0.1) is 0 Å². The van der Waals surface area contributed by atoms with E-state index in [0.29, 0.717) is 19.5 Å². The lowest BCUT2D eigenvalue weighted by Gasteiger charge is -2.22. The van der Waals surface area contributed by atoms with E-state index in [-0.39, 0.29) is 13.2 Å². The van der Waals surface area contributed by atoms with Gasteiger partial charge in [-0.2, -0.15) is 0 Å². The maximum atomic E-state index is 12.1. The summed E-state index contributed by atoms with van der Waals surface area (Å²) in [6, 6.07) is 9.51. The van der Waals surface area contributed by atoms with E-state index in [1.807, 2.05) is 30.3 Å². The zero-order valence-corrected chi connectivity index (χ0v) is 12.1. The van der Waals surface area contributed by atoms with Crippen molar-refractivity contribution in [1.82, 2.24) is 19.9 Å². The Balaban J connectivity index is 1.52. The van der Waals surface area contributed by atoms with Crippen molar-refractivity contribution in [3.8, 4) is 0 Å². The molecule has 1 atom stereocenters. The van der Waals surface area contributed by atoms with Crippen molar-refractivity contribution >= 4 is 6.09 Å². The van der Waals surface area contributed by atoms with Crippen LogP contribution in [0.3, 0.4) is 0 Å². The number of hydrogen-bond acceptors (Lipinski definition) is 5. The summed E-state index contributed by atoms with van der Waals surface area (Å²) >= 11 is 0. The lowest BCUT2D eigenvalue weighted by atomic mass is 10.0. The number of β-amino-alcohol motifs (C(OH)–C–C–N with tert-alkyl or cyclic N) is 1. The summed E-state index contributed by atoms with van der Waals surface area (Å²) in [5.74, 6) is 0. The van der Waals surface area contributed by atoms with E-state index < -0.39 is 11.7 Å². The molecule has 0 spiro atoms. The summed E-state index contributed by atoms with van der Waals surface area (Å²) in [6.45, 7) is 1.26. The first-order valence-electron chi connectivity index (χ1n) is 7.17. The predicted octanol–water partition coefficient (Wildman–Crippen LogP) is 1.05. The van der Waals surface area contributed by atoms with Gasteiger partial charge in [0.25, 0.3) is 0 Å². The molecular weight excluding hydrogens is 284 g/mol. The third kappa shape index (κ3) is 3.43. The standard InChI is InChI=1S/C15H18N4O3/c20-14(22-10-13-4-2-1-3-5-13)18-8-6-15(21,11-18)12-19-9-7-16-17-19/h1-5,7,9,21H,6,8,10-12H2. The highest BCUT2D eigenvalue weighted by Crippen LogP contribution is 2.23. The SMILES string of the molecule is O=C(OCc1ccccc1)N1CCC(O)(Cn2ccnn2)C1. The van der Waals surface area contributed by atoms with E-state index in [2.05, 4.69) is 10.3 Å². The van der Waals surface area contributed by atoms with E-state index >= 15 is 0 Å². The molecule has 1 aliphatic rings. The molecule has 0 saturated carbocycles. The minimum Gasteiger partial charge on any atom is -0.445 e. The minimum atomic E-state index is -0.987. The number of amides is 1. The summed E-state index contributed by atoms with van der Waals surface area (Å²) < 4.78 is 6.85. The van der Waals surface area contributed by atoms with Crippen LogP contribution in [0.15, 0.2) is 42.7 Å². The zero-order chi connectivity index (χ0) is 15.4. The van der Waals surface area contributed by atoms with E-state index in [1.54, 1.807) is 17.1 Å². The number of aliphatic hydroxyl groups is 1. The maximum absolute atomic E-state index is 12.1. The smallest absolute Gasteiger partial charge is 0.410 e. The van der Waals surface area contributed by atoms with Gasteiger partial charge >= 0.3 is 6.09 Å². The Labute approximate surface area is 128 Å². The predicted molar refractivity (Wildman–Crippen MR) is 77.8 cm³/mol. The van der Waals surface area contributed by atoms with E-state index in [0.717, 1.165) is 5.56 Å². The Morgan fingerprint density at radius 3 is 2.91 bits per heavy atom. The average molecular weight is 302 g/mol. The van der Waals surface area contributed by atoms with Gasteiger partial charge in [-0.1, -0.05) is 35.5 Å². The average Bonchev–Trinajstić information content (AvgIpc) is 3.16. The summed E-state index contributed by atoms with van der Waals surface area (Å²) in [4.78, 5) is 13.6. The van der Waals surface area contributed by atoms with Gasteiger partial charge in [-0.15, -0.1) is 5.10 Å². The minimum absolute atomic E-state index is 0.234. The van der Waals surface area contributed by atoms with Crippen LogP contribution in [0.2, 0.25) is 0 Å². The van der Waals surface area contributed by atoms with Gasteiger partial charge in [0.15, 0.2) is 0 Å². The highest BCUT2D eigenvalue weighted by Gasteiger charge is 2.39. The molecule has 116 valence electrons. The number of hydrogen-bond donors (Lipinski definition) is 1. The fourth-order valence-electron chi connectivity index (χ4n) is 2.57. The monoisotopic (exact) mass is 302 g/mol. The van der Waals surface area contributed by atoms with Crippen molar-refractivity contribution in [3.63, 3.8) is 0 Å². The number of carbonyl (C=O) groups is 1. The lowest BCUT2D eigenvalue weighted by Crippen LogP contribution is -2.39. The molecule has 1 fully saturated rings. The summed E-state index contributed by atoms with van der Waals surface area (Å²) in [5, 5.41) is 18.1. The molecule has 1 saturated heterocycles. The molecule has 1 unspecified atom stereocenters. The van der Waals surface area contributed by atoms with Crippen LogP contribution < -0.4 is 0 Å². The molecule has 1 amide bonds. The first-order chi connectivity index (χ1) is 10.6. The van der Waals surface area contributed by atoms with Crippen LogP contribution in [0.1, 0.15) is 12.0 Å². The van der Waals surface area contributed by atoms with Crippen LogP contribution in [0.25, 0.3) is 0 Å². The normalized spacial score (nSPS) is 21.0. The molecule has 3 rings (SSSR count). The van der Waals surface area contributed by atoms with Crippen LogP contribution in [-0.4, -0.2) is 49.8 Å². The van der Waals surface area contributed by atoms with Crippen molar-refractivity contribution < 1.29 is 14.6 Å². The molecule has 1 aliphatic heterocycles. The first-order valence-corrected chi connectivity index (χ1v) is 7.17. The second-order valence-electron chi connectivity index (χ2n) is 5.54. The highest BCUT2D eigenvalue weighted by molar-refractivity contribution is 5.68. The number of carbonyl (C=O) groups excluding carboxylic acids is 1. The molecule has 22 heavy (non-hydrogen) atoms. The van der Waals surface area contributed by atoms with Crippen molar-refractivity contribution in [1.29, 1.82) is 0 Å². The number of benzene rings is 1. The summed E-state index contributed by atoms with van der Waals surface area (Å²) in [6.07, 6.45) is 3.34. The Bertz CT molecular complexity index is 617. The molecule has 1 aromatic heterocycles. The van der Waals surface area contributed by atoms with Gasteiger partial charge in [-0.3, -0.25) is 0 Å². The van der Waals surface area contributed by atoms with Gasteiger partial charge in [0.1, 0.15) is 12.2 Å². The molecule has 1 aromatic carbocycles. The van der Waals surface area contributed by atoms with Gasteiger partial charge in [-0.05, 0) is 12.0 Å². The quantitative estimate of drug-likeness (QED) is 0.913. The molecule has 2 heterocycles. The second kappa shape index (κ2) is 6.15. The Hall–Kier alpha value is -2.41. The Kier molecular flexibility index (Phi) is 4.06. The molecule has 7 heteroatoms. The largest absolute Gasteiger partial charge is 0.445 e. The Morgan fingerprint density at radius 2 is 2.18 bits per heavy atom. The molecule has 0 aliphatic carbocycles. The highest BCUT2D eigenvalue weighted by atomic mass is 16.6. The number of aromatic nitrogens is 3. The van der Waals surface area contributed by atoms with Gasteiger partial charge in [0.2, 0.25) is 0 Å². The second-order valence-corrected chi connectivity index (χ2v) is 5.54. The summed E-state index contributed by atoms with van der Waals surface area (Å²) in [5.41, 5.74) is -0.0487. The van der Waals surface area contributed by atoms with Crippen molar-refractivity contribution in [2.45, 2.75) is 25.2 Å². The van der Waals surface area contributed by atoms with Crippen LogP contribution >= 0.6 is 0 Å². The molecule has 7 nitrogen and oxygen atoms in total. The maximum Gasteiger partial charge on any atom is 0.410 e. The molecular formula is C15H18N4O3. The fourth-order valence-corrected chi connectivity index (χ4v) is 2.57. The fraction of sp³-hybridized carbons (Fsp3) is 0.400. The van der Waals surface area contributed by atoms with Crippen LogP contribution in [0.4, 0.5) is 4.79 Å². The molecule has 2 aromatic rings. The third-order valence-electron chi connectivity index (χ3n) is 3.72. The van der Waals surface area contributed by atoms with Crippen LogP contribution in [-0.2, 0) is 17.9 Å². The van der Waals surface area contributed by atoms with Crippen molar-refractivity contribution in [2.24, 2.45) is 0 Å². The van der Waals surface area contributed by atoms with E-state index in [4.69, 9.17) is 4.74 Å². The molecule has 1 N–H and O–H groups in total. The van der Waals surface area contributed by atoms with Crippen LogP contribution in [0.5, 0.6) is 0 Å². The van der Waals surface area contributed by atoms with Crippen molar-refractivity contribution in [3.05, 3.63) is 48.3 Å². The number of rotatable bonds is 4. The number of ether oxygens (including phenoxy) is 1. The Morgan fingerprint density at radius 1 is 1.36 bits per heavy atom. The van der Waals surface area contributed by atoms with E-state index in [1.165, 1.54) is 4.90 Å². The van der Waals surface area contributed by atoms with Gasteiger partial charge in [0.05, 0.1) is 19.3 Å². The lowest BCUT2D eigenvalue weighted by molar-refractivity contribution is 0.0251. The molecule has 0 bridgehead atoms. The first kappa shape index (κ1) is 14.5. The number of nitrogens with zero attached hydrogens (tertiary/aromatic N) is 4. The van der Waals surface area contributed by atoms with Gasteiger partial charge in [0, 0.05) is 12.7 Å². The van der Waals surface area contributed by atoms with Gasteiger partial charge in [-0.25, -0.2) is 9.48 Å². The zero-order valence-electron chi connectivity index (χ0n) is 12.1. The topological polar surface area (TPSA) is 80.5 Å². The number of likely N-dealkylation sites (tertiary alicyclic amines) is 1. The van der Waals surface area contributed by atoms with E-state index in [9.17, 15) is 9.90 Å². The van der Waals surface area contributed by atoms with Gasteiger partial charge < -0.3 is 14.7 Å². The van der Waals surface area contributed by atoms with Crippen molar-refractivity contribution in [2.75, 3.05) is 13.1 Å². The molecule has 0 radical (unpaired) electrons.